The van der Waals surface area contributed by atoms with E-state index < -0.39 is 6.29 Å². The van der Waals surface area contributed by atoms with Gasteiger partial charge in [-0.1, -0.05) is 48.5 Å². The van der Waals surface area contributed by atoms with E-state index in [1.807, 2.05) is 54.6 Å². The zero-order chi connectivity index (χ0) is 15.1. The van der Waals surface area contributed by atoms with Crippen LogP contribution >= 0.6 is 0 Å². The highest BCUT2D eigenvalue weighted by Crippen LogP contribution is 2.35. The molecule has 0 aliphatic heterocycles. The van der Waals surface area contributed by atoms with Crippen molar-refractivity contribution >= 4 is 21.9 Å². The van der Waals surface area contributed by atoms with E-state index in [1.54, 1.807) is 12.1 Å². The minimum atomic E-state index is -1.52. The molecule has 0 saturated carbocycles. The van der Waals surface area contributed by atoms with Gasteiger partial charge in [0.2, 0.25) is 0 Å². The van der Waals surface area contributed by atoms with E-state index >= 15 is 0 Å². The fourth-order valence-electron chi connectivity index (χ4n) is 2.88. The van der Waals surface area contributed by atoms with Crippen molar-refractivity contribution < 1.29 is 14.6 Å². The highest BCUT2D eigenvalue weighted by Gasteiger charge is 2.15. The van der Waals surface area contributed by atoms with E-state index in [0.29, 0.717) is 11.1 Å². The van der Waals surface area contributed by atoms with Gasteiger partial charge in [-0.05, 0) is 29.3 Å². The van der Waals surface area contributed by atoms with Crippen molar-refractivity contribution in [3.05, 3.63) is 72.3 Å². The fourth-order valence-corrected chi connectivity index (χ4v) is 2.88. The molecule has 0 unspecified atom stereocenters. The summed E-state index contributed by atoms with van der Waals surface area (Å²) in [7, 11) is 0. The SMILES string of the molecule is OC(O)c1cccc2oc3cc(-c4ccccc4)ccc3c12. The van der Waals surface area contributed by atoms with Crippen LogP contribution in [0.25, 0.3) is 33.1 Å². The van der Waals surface area contributed by atoms with Crippen LogP contribution in [-0.4, -0.2) is 10.2 Å². The average Bonchev–Trinajstić information content (AvgIpc) is 2.93. The van der Waals surface area contributed by atoms with Crippen LogP contribution in [0, 0.1) is 0 Å². The number of furan rings is 1. The van der Waals surface area contributed by atoms with Crippen LogP contribution in [0.1, 0.15) is 11.9 Å². The van der Waals surface area contributed by atoms with Crippen molar-refractivity contribution in [2.45, 2.75) is 6.29 Å². The first-order valence-corrected chi connectivity index (χ1v) is 7.11. The lowest BCUT2D eigenvalue weighted by atomic mass is 10.0. The molecule has 0 fully saturated rings. The van der Waals surface area contributed by atoms with Gasteiger partial charge in [-0.3, -0.25) is 0 Å². The lowest BCUT2D eigenvalue weighted by molar-refractivity contribution is -0.0412. The van der Waals surface area contributed by atoms with Crippen molar-refractivity contribution in [1.29, 1.82) is 0 Å². The first-order valence-electron chi connectivity index (χ1n) is 7.11. The summed E-state index contributed by atoms with van der Waals surface area (Å²) in [5, 5.41) is 20.7. The maximum atomic E-state index is 9.55. The van der Waals surface area contributed by atoms with E-state index in [9.17, 15) is 10.2 Å². The maximum Gasteiger partial charge on any atom is 0.179 e. The van der Waals surface area contributed by atoms with Crippen LogP contribution in [0.2, 0.25) is 0 Å². The van der Waals surface area contributed by atoms with Gasteiger partial charge in [-0.15, -0.1) is 0 Å². The van der Waals surface area contributed by atoms with E-state index in [4.69, 9.17) is 4.42 Å². The van der Waals surface area contributed by atoms with Crippen LogP contribution in [-0.2, 0) is 0 Å². The Morgan fingerprint density at radius 2 is 1.55 bits per heavy atom. The summed E-state index contributed by atoms with van der Waals surface area (Å²) in [5.74, 6) is 0. The van der Waals surface area contributed by atoms with Gasteiger partial charge < -0.3 is 14.6 Å². The average molecular weight is 290 g/mol. The zero-order valence-corrected chi connectivity index (χ0v) is 11.7. The second-order valence-electron chi connectivity index (χ2n) is 5.27. The number of rotatable bonds is 2. The first-order chi connectivity index (χ1) is 10.7. The zero-order valence-electron chi connectivity index (χ0n) is 11.7. The fraction of sp³-hybridized carbons (Fsp3) is 0.0526. The Kier molecular flexibility index (Phi) is 2.96. The summed E-state index contributed by atoms with van der Waals surface area (Å²) in [5.41, 5.74) is 4.05. The lowest BCUT2D eigenvalue weighted by Gasteiger charge is -2.05. The maximum absolute atomic E-state index is 9.55. The van der Waals surface area contributed by atoms with Crippen LogP contribution < -0.4 is 0 Å². The van der Waals surface area contributed by atoms with Crippen molar-refractivity contribution in [3.63, 3.8) is 0 Å². The van der Waals surface area contributed by atoms with Gasteiger partial charge in [0.15, 0.2) is 6.29 Å². The quantitative estimate of drug-likeness (QED) is 0.543. The molecule has 1 aromatic heterocycles. The molecule has 0 radical (unpaired) electrons. The number of hydrogen-bond donors (Lipinski definition) is 2. The molecule has 0 aliphatic carbocycles. The summed E-state index contributed by atoms with van der Waals surface area (Å²) < 4.78 is 5.88. The topological polar surface area (TPSA) is 53.6 Å². The second-order valence-corrected chi connectivity index (χ2v) is 5.27. The minimum absolute atomic E-state index is 0.462. The number of hydrogen-bond acceptors (Lipinski definition) is 3. The Morgan fingerprint density at radius 3 is 2.32 bits per heavy atom. The predicted molar refractivity (Wildman–Crippen MR) is 86.3 cm³/mol. The van der Waals surface area contributed by atoms with Crippen molar-refractivity contribution in [1.82, 2.24) is 0 Å². The van der Waals surface area contributed by atoms with E-state index in [1.165, 1.54) is 0 Å². The largest absolute Gasteiger partial charge is 0.456 e. The molecule has 0 aliphatic rings. The Morgan fingerprint density at radius 1 is 0.727 bits per heavy atom. The predicted octanol–water partition coefficient (Wildman–Crippen LogP) is 4.24. The Bertz CT molecular complexity index is 952. The molecular formula is C19H14O3. The summed E-state index contributed by atoms with van der Waals surface area (Å²) in [4.78, 5) is 0. The smallest absolute Gasteiger partial charge is 0.179 e. The summed E-state index contributed by atoms with van der Waals surface area (Å²) in [6.45, 7) is 0. The van der Waals surface area contributed by atoms with Gasteiger partial charge >= 0.3 is 0 Å². The molecule has 3 heteroatoms. The molecule has 0 saturated heterocycles. The van der Waals surface area contributed by atoms with Gasteiger partial charge in [0.25, 0.3) is 0 Å². The molecule has 2 N–H and O–H groups in total. The van der Waals surface area contributed by atoms with Crippen LogP contribution in [0.5, 0.6) is 0 Å². The summed E-state index contributed by atoms with van der Waals surface area (Å²) >= 11 is 0. The normalized spacial score (nSPS) is 11.6. The molecule has 4 rings (SSSR count). The van der Waals surface area contributed by atoms with Crippen molar-refractivity contribution in [2.75, 3.05) is 0 Å². The number of benzene rings is 3. The summed E-state index contributed by atoms with van der Waals surface area (Å²) in [6.07, 6.45) is -1.52. The van der Waals surface area contributed by atoms with E-state index in [0.717, 1.165) is 27.5 Å². The first kappa shape index (κ1) is 13.1. The highest BCUT2D eigenvalue weighted by atomic mass is 16.5. The Balaban J connectivity index is 1.99. The standard InChI is InChI=1S/C19H14O3/c20-19(21)15-7-4-8-16-18(15)14-10-9-13(11-17(14)22-16)12-5-2-1-3-6-12/h1-11,19-21H. The molecule has 3 aromatic carbocycles. The summed E-state index contributed by atoms with van der Waals surface area (Å²) in [6, 6.07) is 21.4. The second kappa shape index (κ2) is 4.98. The number of aliphatic hydroxyl groups excluding tert-OH is 1. The third-order valence-corrected chi connectivity index (χ3v) is 3.91. The third kappa shape index (κ3) is 1.99. The van der Waals surface area contributed by atoms with Gasteiger partial charge in [-0.25, -0.2) is 0 Å². The highest BCUT2D eigenvalue weighted by molar-refractivity contribution is 6.07. The molecule has 3 nitrogen and oxygen atoms in total. The van der Waals surface area contributed by atoms with Crippen LogP contribution in [0.3, 0.4) is 0 Å². The minimum Gasteiger partial charge on any atom is -0.456 e. The molecule has 22 heavy (non-hydrogen) atoms. The van der Waals surface area contributed by atoms with Crippen molar-refractivity contribution in [3.8, 4) is 11.1 Å². The van der Waals surface area contributed by atoms with Gasteiger partial charge in [0.1, 0.15) is 11.2 Å². The number of fused-ring (bicyclic) bond motifs is 3. The van der Waals surface area contributed by atoms with Gasteiger partial charge in [0.05, 0.1) is 0 Å². The van der Waals surface area contributed by atoms with Gasteiger partial charge in [0, 0.05) is 16.3 Å². The van der Waals surface area contributed by atoms with E-state index in [-0.39, 0.29) is 0 Å². The molecule has 0 spiro atoms. The molecule has 0 bridgehead atoms. The monoisotopic (exact) mass is 290 g/mol. The third-order valence-electron chi connectivity index (χ3n) is 3.91. The lowest BCUT2D eigenvalue weighted by Crippen LogP contribution is -1.94. The molecule has 4 aromatic rings. The van der Waals surface area contributed by atoms with Crippen molar-refractivity contribution in [2.24, 2.45) is 0 Å². The number of aliphatic hydroxyl groups is 2. The molecule has 0 amide bonds. The van der Waals surface area contributed by atoms with Crippen LogP contribution in [0.15, 0.2) is 71.1 Å². The molecular weight excluding hydrogens is 276 g/mol. The van der Waals surface area contributed by atoms with E-state index in [2.05, 4.69) is 0 Å². The molecule has 108 valence electrons. The molecule has 1 heterocycles. The Hall–Kier alpha value is -2.62. The Labute approximate surface area is 127 Å². The van der Waals surface area contributed by atoms with Crippen LogP contribution in [0.4, 0.5) is 0 Å². The van der Waals surface area contributed by atoms with Gasteiger partial charge in [-0.2, -0.15) is 0 Å². The molecule has 0 atom stereocenters.